The average Bonchev–Trinajstić information content (AvgIpc) is 3.23. The SMILES string of the molecule is CCOc1cc(C=CC(=O)Nc2ccc(-c3ncc[nH]3)cc2)ccc1OC(F)F. The first-order valence-corrected chi connectivity index (χ1v) is 8.85. The molecule has 0 unspecified atom stereocenters. The van der Waals surface area contributed by atoms with Crippen molar-refractivity contribution in [3.8, 4) is 22.9 Å². The van der Waals surface area contributed by atoms with Crippen LogP contribution in [0.2, 0.25) is 0 Å². The van der Waals surface area contributed by atoms with Crippen molar-refractivity contribution < 1.29 is 23.0 Å². The fraction of sp³-hybridized carbons (Fsp3) is 0.143. The zero-order chi connectivity index (χ0) is 20.6. The first-order valence-electron chi connectivity index (χ1n) is 8.85. The largest absolute Gasteiger partial charge is 0.490 e. The van der Waals surface area contributed by atoms with Gasteiger partial charge in [0.1, 0.15) is 5.82 Å². The van der Waals surface area contributed by atoms with Gasteiger partial charge < -0.3 is 19.8 Å². The number of carbonyl (C=O) groups is 1. The van der Waals surface area contributed by atoms with Crippen LogP contribution in [0, 0.1) is 0 Å². The van der Waals surface area contributed by atoms with E-state index in [1.807, 2.05) is 12.1 Å². The summed E-state index contributed by atoms with van der Waals surface area (Å²) in [5.41, 5.74) is 2.14. The van der Waals surface area contributed by atoms with Crippen molar-refractivity contribution in [1.29, 1.82) is 0 Å². The lowest BCUT2D eigenvalue weighted by Gasteiger charge is -2.11. The van der Waals surface area contributed by atoms with Crippen molar-refractivity contribution in [1.82, 2.24) is 9.97 Å². The van der Waals surface area contributed by atoms with Crippen LogP contribution in [0.4, 0.5) is 14.5 Å². The van der Waals surface area contributed by atoms with Gasteiger partial charge in [-0.2, -0.15) is 8.78 Å². The van der Waals surface area contributed by atoms with Gasteiger partial charge >= 0.3 is 6.61 Å². The first-order chi connectivity index (χ1) is 14.0. The number of hydrogen-bond acceptors (Lipinski definition) is 4. The van der Waals surface area contributed by atoms with Gasteiger partial charge in [-0.05, 0) is 55.0 Å². The lowest BCUT2D eigenvalue weighted by Crippen LogP contribution is -2.07. The molecule has 3 aromatic rings. The van der Waals surface area contributed by atoms with Crippen LogP contribution >= 0.6 is 0 Å². The second kappa shape index (κ2) is 9.50. The van der Waals surface area contributed by atoms with Crippen LogP contribution in [-0.2, 0) is 4.79 Å². The molecule has 29 heavy (non-hydrogen) atoms. The second-order valence-electron chi connectivity index (χ2n) is 5.86. The number of carbonyl (C=O) groups excluding carboxylic acids is 1. The Morgan fingerprint density at radius 2 is 2.00 bits per heavy atom. The van der Waals surface area contributed by atoms with Crippen LogP contribution in [-0.4, -0.2) is 29.1 Å². The van der Waals surface area contributed by atoms with Gasteiger partial charge in [-0.3, -0.25) is 4.79 Å². The third kappa shape index (κ3) is 5.65. The van der Waals surface area contributed by atoms with Crippen LogP contribution in [0.25, 0.3) is 17.5 Å². The maximum atomic E-state index is 12.5. The summed E-state index contributed by atoms with van der Waals surface area (Å²) in [5, 5.41) is 2.75. The number of hydrogen-bond donors (Lipinski definition) is 2. The summed E-state index contributed by atoms with van der Waals surface area (Å²) in [7, 11) is 0. The molecule has 8 heteroatoms. The monoisotopic (exact) mass is 399 g/mol. The summed E-state index contributed by atoms with van der Waals surface area (Å²) in [6, 6.07) is 11.7. The maximum Gasteiger partial charge on any atom is 0.387 e. The number of amides is 1. The van der Waals surface area contributed by atoms with E-state index in [0.29, 0.717) is 17.9 Å². The predicted octanol–water partition coefficient (Wildman–Crippen LogP) is 4.73. The van der Waals surface area contributed by atoms with E-state index in [1.54, 1.807) is 43.6 Å². The van der Waals surface area contributed by atoms with Crippen molar-refractivity contribution >= 4 is 17.7 Å². The molecule has 0 spiro atoms. The van der Waals surface area contributed by atoms with Gasteiger partial charge in [0.25, 0.3) is 0 Å². The number of ether oxygens (including phenoxy) is 2. The molecule has 0 atom stereocenters. The molecular weight excluding hydrogens is 380 g/mol. The van der Waals surface area contributed by atoms with Gasteiger partial charge in [0.2, 0.25) is 5.91 Å². The number of aromatic nitrogens is 2. The molecule has 1 amide bonds. The number of aromatic amines is 1. The maximum absolute atomic E-state index is 12.5. The zero-order valence-electron chi connectivity index (χ0n) is 15.6. The number of halogens is 2. The van der Waals surface area contributed by atoms with E-state index in [2.05, 4.69) is 20.0 Å². The third-order valence-corrected chi connectivity index (χ3v) is 3.83. The zero-order valence-corrected chi connectivity index (χ0v) is 15.6. The molecule has 2 N–H and O–H groups in total. The molecule has 3 rings (SSSR count). The molecule has 0 aliphatic heterocycles. The summed E-state index contributed by atoms with van der Waals surface area (Å²) >= 11 is 0. The molecule has 0 aliphatic rings. The highest BCUT2D eigenvalue weighted by atomic mass is 19.3. The van der Waals surface area contributed by atoms with E-state index >= 15 is 0 Å². The fourth-order valence-electron chi connectivity index (χ4n) is 2.58. The predicted molar refractivity (Wildman–Crippen MR) is 106 cm³/mol. The summed E-state index contributed by atoms with van der Waals surface area (Å²) in [4.78, 5) is 19.3. The van der Waals surface area contributed by atoms with Gasteiger partial charge in [0.05, 0.1) is 6.61 Å². The summed E-state index contributed by atoms with van der Waals surface area (Å²) < 4.78 is 34.7. The van der Waals surface area contributed by atoms with E-state index < -0.39 is 6.61 Å². The van der Waals surface area contributed by atoms with E-state index in [1.165, 1.54) is 18.2 Å². The van der Waals surface area contributed by atoms with Gasteiger partial charge in [0.15, 0.2) is 11.5 Å². The van der Waals surface area contributed by atoms with Crippen LogP contribution in [0.5, 0.6) is 11.5 Å². The molecule has 6 nitrogen and oxygen atoms in total. The van der Waals surface area contributed by atoms with Crippen LogP contribution in [0.15, 0.2) is 60.9 Å². The lowest BCUT2D eigenvalue weighted by molar-refractivity contribution is -0.111. The number of H-pyrrole nitrogens is 1. The number of imidazole rings is 1. The van der Waals surface area contributed by atoms with E-state index in [9.17, 15) is 13.6 Å². The highest BCUT2D eigenvalue weighted by molar-refractivity contribution is 6.02. The molecular formula is C21H19F2N3O3. The van der Waals surface area contributed by atoms with Gasteiger partial charge in [0, 0.05) is 29.7 Å². The Labute approximate surface area is 166 Å². The number of nitrogens with one attached hydrogen (secondary N) is 2. The number of alkyl halides is 2. The number of anilines is 1. The third-order valence-electron chi connectivity index (χ3n) is 3.83. The lowest BCUT2D eigenvalue weighted by atomic mass is 10.1. The standard InChI is InChI=1S/C21H19F2N3O3/c1-2-28-18-13-14(3-9-17(18)29-21(22)23)4-10-19(27)26-16-7-5-15(6-8-16)20-24-11-12-25-20/h3-13,21H,2H2,1H3,(H,24,25)(H,26,27). The van der Waals surface area contributed by atoms with Crippen molar-refractivity contribution in [2.75, 3.05) is 11.9 Å². The molecule has 0 saturated carbocycles. The minimum absolute atomic E-state index is 0.0555. The Bertz CT molecular complexity index is 971. The average molecular weight is 399 g/mol. The fourth-order valence-corrected chi connectivity index (χ4v) is 2.58. The van der Waals surface area contributed by atoms with E-state index in [-0.39, 0.29) is 17.4 Å². The molecule has 0 saturated heterocycles. The second-order valence-corrected chi connectivity index (χ2v) is 5.86. The minimum atomic E-state index is -2.94. The summed E-state index contributed by atoms with van der Waals surface area (Å²) in [6.07, 6.45) is 6.30. The topological polar surface area (TPSA) is 76.2 Å². The summed E-state index contributed by atoms with van der Waals surface area (Å²) in [6.45, 7) is -0.916. The van der Waals surface area contributed by atoms with E-state index in [4.69, 9.17) is 4.74 Å². The van der Waals surface area contributed by atoms with Crippen LogP contribution in [0.3, 0.4) is 0 Å². The Morgan fingerprint density at radius 1 is 1.21 bits per heavy atom. The van der Waals surface area contributed by atoms with Gasteiger partial charge in [-0.15, -0.1) is 0 Å². The molecule has 0 aliphatic carbocycles. The number of benzene rings is 2. The molecule has 150 valence electrons. The number of rotatable bonds is 8. The number of nitrogens with zero attached hydrogens (tertiary/aromatic N) is 1. The molecule has 1 heterocycles. The van der Waals surface area contributed by atoms with Crippen molar-refractivity contribution in [2.45, 2.75) is 13.5 Å². The summed E-state index contributed by atoms with van der Waals surface area (Å²) in [5.74, 6) is 0.540. The van der Waals surface area contributed by atoms with Gasteiger partial charge in [-0.1, -0.05) is 6.07 Å². The quantitative estimate of drug-likeness (QED) is 0.537. The Hall–Kier alpha value is -3.68. The molecule has 0 radical (unpaired) electrons. The van der Waals surface area contributed by atoms with Gasteiger partial charge in [-0.25, -0.2) is 4.98 Å². The van der Waals surface area contributed by atoms with Crippen molar-refractivity contribution in [2.24, 2.45) is 0 Å². The highest BCUT2D eigenvalue weighted by Crippen LogP contribution is 2.30. The minimum Gasteiger partial charge on any atom is -0.490 e. The van der Waals surface area contributed by atoms with E-state index in [0.717, 1.165) is 11.4 Å². The Kier molecular flexibility index (Phi) is 6.57. The molecule has 0 bridgehead atoms. The Morgan fingerprint density at radius 3 is 2.66 bits per heavy atom. The molecule has 2 aromatic carbocycles. The first kappa shape index (κ1) is 20.1. The normalized spacial score (nSPS) is 11.0. The van der Waals surface area contributed by atoms with Crippen molar-refractivity contribution in [3.63, 3.8) is 0 Å². The van der Waals surface area contributed by atoms with Crippen molar-refractivity contribution in [3.05, 3.63) is 66.5 Å². The highest BCUT2D eigenvalue weighted by Gasteiger charge is 2.11. The van der Waals surface area contributed by atoms with Crippen LogP contribution < -0.4 is 14.8 Å². The smallest absolute Gasteiger partial charge is 0.387 e. The van der Waals surface area contributed by atoms with Crippen LogP contribution in [0.1, 0.15) is 12.5 Å². The molecule has 0 fully saturated rings. The molecule has 1 aromatic heterocycles. The Balaban J connectivity index is 1.64.